The van der Waals surface area contributed by atoms with Crippen molar-refractivity contribution in [2.24, 2.45) is 0 Å². The second-order valence-corrected chi connectivity index (χ2v) is 3.32. The summed E-state index contributed by atoms with van der Waals surface area (Å²) >= 11 is 0. The highest BCUT2D eigenvalue weighted by Crippen LogP contribution is 2.22. The molecular weight excluding hydrogens is 216 g/mol. The molecule has 0 aromatic heterocycles. The fourth-order valence-corrected chi connectivity index (χ4v) is 1.20. The van der Waals surface area contributed by atoms with Gasteiger partial charge in [-0.1, -0.05) is 3.89 Å². The maximum absolute atomic E-state index is 12.8. The minimum absolute atomic E-state index is 0.0196. The summed E-state index contributed by atoms with van der Waals surface area (Å²) in [5.41, 5.74) is 0.0196. The molecule has 0 fully saturated rings. The fourth-order valence-electron chi connectivity index (χ4n) is 0.863. The maximum atomic E-state index is 12.8. The van der Waals surface area contributed by atoms with Crippen molar-refractivity contribution in [1.82, 2.24) is 0 Å². The number of halogens is 2. The number of nitrogens with one attached hydrogen (secondary N) is 1. The van der Waals surface area contributed by atoms with Gasteiger partial charge in [-0.2, -0.15) is 8.42 Å². The highest BCUT2D eigenvalue weighted by Gasteiger charge is 2.11. The van der Waals surface area contributed by atoms with Crippen LogP contribution in [0.4, 0.5) is 14.0 Å². The molecule has 14 heavy (non-hydrogen) atoms. The molecule has 0 saturated heterocycles. The second-order valence-electron chi connectivity index (χ2n) is 2.37. The van der Waals surface area contributed by atoms with E-state index in [1.807, 2.05) is 0 Å². The first-order valence-corrected chi connectivity index (χ1v) is 4.84. The Morgan fingerprint density at radius 1 is 1.43 bits per heavy atom. The van der Waals surface area contributed by atoms with Crippen LogP contribution in [0.3, 0.4) is 0 Å². The molecule has 0 aliphatic rings. The van der Waals surface area contributed by atoms with E-state index in [1.54, 1.807) is 0 Å². The lowest BCUT2D eigenvalue weighted by Crippen LogP contribution is -2.02. The molecule has 7 heteroatoms. The smallest absolute Gasteiger partial charge is 0.386 e. The fraction of sp³-hybridized carbons (Fsp3) is 0.143. The first kappa shape index (κ1) is 10.7. The summed E-state index contributed by atoms with van der Waals surface area (Å²) < 4.78 is 49.0. The van der Waals surface area contributed by atoms with Crippen LogP contribution in [0.5, 0.6) is 5.75 Å². The van der Waals surface area contributed by atoms with Crippen LogP contribution in [0.1, 0.15) is 0 Å². The van der Waals surface area contributed by atoms with Crippen molar-refractivity contribution in [2.75, 3.05) is 12.4 Å². The molecule has 78 valence electrons. The van der Waals surface area contributed by atoms with Gasteiger partial charge in [-0.25, -0.2) is 4.39 Å². The Labute approximate surface area is 79.9 Å². The van der Waals surface area contributed by atoms with Gasteiger partial charge in [0.05, 0.1) is 5.69 Å². The molecule has 1 rings (SSSR count). The standard InChI is InChI=1S/C7H7F2NO3S/c1-10-7-4-5(2-3-6(7)8)13-14(9,11)12/h2-4,10H,1H3. The summed E-state index contributed by atoms with van der Waals surface area (Å²) in [6, 6.07) is 3.01. The van der Waals surface area contributed by atoms with Crippen LogP contribution < -0.4 is 9.50 Å². The van der Waals surface area contributed by atoms with Gasteiger partial charge in [-0.15, -0.1) is 0 Å². The van der Waals surface area contributed by atoms with Gasteiger partial charge < -0.3 is 9.50 Å². The van der Waals surface area contributed by atoms with Gasteiger partial charge in [0.15, 0.2) is 0 Å². The molecule has 0 radical (unpaired) electrons. The molecule has 0 atom stereocenters. The Kier molecular flexibility index (Phi) is 2.90. The molecule has 0 spiro atoms. The molecule has 4 nitrogen and oxygen atoms in total. The minimum Gasteiger partial charge on any atom is -0.386 e. The van der Waals surface area contributed by atoms with Crippen molar-refractivity contribution >= 4 is 16.2 Å². The van der Waals surface area contributed by atoms with Crippen LogP contribution >= 0.6 is 0 Å². The zero-order valence-electron chi connectivity index (χ0n) is 7.12. The summed E-state index contributed by atoms with van der Waals surface area (Å²) in [6.45, 7) is 0. The predicted molar refractivity (Wildman–Crippen MR) is 46.6 cm³/mol. The van der Waals surface area contributed by atoms with Crippen LogP contribution in [0.25, 0.3) is 0 Å². The van der Waals surface area contributed by atoms with E-state index >= 15 is 0 Å². The number of rotatable bonds is 3. The molecule has 1 aromatic carbocycles. The SMILES string of the molecule is CNc1cc(OS(=O)(=O)F)ccc1F. The third-order valence-corrected chi connectivity index (χ3v) is 1.79. The van der Waals surface area contributed by atoms with Gasteiger partial charge in [0.2, 0.25) is 0 Å². The summed E-state index contributed by atoms with van der Waals surface area (Å²) in [6.07, 6.45) is 0. The predicted octanol–water partition coefficient (Wildman–Crippen LogP) is 1.46. The van der Waals surface area contributed by atoms with E-state index in [2.05, 4.69) is 9.50 Å². The Balaban J connectivity index is 3.01. The van der Waals surface area contributed by atoms with Crippen molar-refractivity contribution in [2.45, 2.75) is 0 Å². The molecule has 0 bridgehead atoms. The molecule has 1 N–H and O–H groups in total. The minimum atomic E-state index is -5.07. The van der Waals surface area contributed by atoms with E-state index in [0.29, 0.717) is 0 Å². The molecular formula is C7H7F2NO3S. The van der Waals surface area contributed by atoms with Crippen molar-refractivity contribution in [1.29, 1.82) is 0 Å². The maximum Gasteiger partial charge on any atom is 0.488 e. The molecule has 0 aliphatic carbocycles. The average Bonchev–Trinajstić information content (AvgIpc) is 2.06. The largest absolute Gasteiger partial charge is 0.488 e. The monoisotopic (exact) mass is 223 g/mol. The van der Waals surface area contributed by atoms with Crippen LogP contribution in [-0.4, -0.2) is 15.5 Å². The molecule has 1 aromatic rings. The van der Waals surface area contributed by atoms with Crippen LogP contribution in [-0.2, 0) is 10.5 Å². The molecule has 0 amide bonds. The van der Waals surface area contributed by atoms with E-state index in [1.165, 1.54) is 7.05 Å². The van der Waals surface area contributed by atoms with Crippen molar-refractivity contribution in [3.8, 4) is 5.75 Å². The van der Waals surface area contributed by atoms with Crippen LogP contribution in [0.2, 0.25) is 0 Å². The second kappa shape index (κ2) is 3.79. The number of hydrogen-bond donors (Lipinski definition) is 1. The zero-order valence-corrected chi connectivity index (χ0v) is 7.94. The lowest BCUT2D eigenvalue weighted by atomic mass is 10.3. The Morgan fingerprint density at radius 2 is 2.07 bits per heavy atom. The normalized spacial score (nSPS) is 11.1. The number of anilines is 1. The molecule has 0 heterocycles. The first-order valence-electron chi connectivity index (χ1n) is 3.54. The van der Waals surface area contributed by atoms with E-state index in [9.17, 15) is 16.7 Å². The van der Waals surface area contributed by atoms with Gasteiger partial charge in [-0.3, -0.25) is 0 Å². The van der Waals surface area contributed by atoms with Crippen molar-refractivity contribution in [3.63, 3.8) is 0 Å². The Bertz CT molecular complexity index is 433. The summed E-state index contributed by atoms with van der Waals surface area (Å²) in [4.78, 5) is 0. The third kappa shape index (κ3) is 2.84. The van der Waals surface area contributed by atoms with Gasteiger partial charge in [0.25, 0.3) is 0 Å². The Hall–Kier alpha value is -1.37. The van der Waals surface area contributed by atoms with Crippen LogP contribution in [0, 0.1) is 5.82 Å². The van der Waals surface area contributed by atoms with Gasteiger partial charge in [0.1, 0.15) is 11.6 Å². The van der Waals surface area contributed by atoms with E-state index in [-0.39, 0.29) is 11.4 Å². The zero-order chi connectivity index (χ0) is 10.8. The van der Waals surface area contributed by atoms with Crippen LogP contribution in [0.15, 0.2) is 18.2 Å². The summed E-state index contributed by atoms with van der Waals surface area (Å²) in [7, 11) is -3.63. The quantitative estimate of drug-likeness (QED) is 0.788. The average molecular weight is 223 g/mol. The molecule has 0 unspecified atom stereocenters. The third-order valence-electron chi connectivity index (χ3n) is 1.40. The van der Waals surface area contributed by atoms with Crippen molar-refractivity contribution < 1.29 is 20.9 Å². The molecule has 0 aliphatic heterocycles. The number of benzene rings is 1. The first-order chi connectivity index (χ1) is 6.42. The lowest BCUT2D eigenvalue weighted by Gasteiger charge is -2.04. The van der Waals surface area contributed by atoms with Gasteiger partial charge in [-0.05, 0) is 12.1 Å². The summed E-state index contributed by atoms with van der Waals surface area (Å²) in [5, 5.41) is 2.45. The number of hydrogen-bond acceptors (Lipinski definition) is 4. The highest BCUT2D eigenvalue weighted by molar-refractivity contribution is 7.81. The topological polar surface area (TPSA) is 55.4 Å². The lowest BCUT2D eigenvalue weighted by molar-refractivity contribution is 0.439. The van der Waals surface area contributed by atoms with Gasteiger partial charge in [0, 0.05) is 13.1 Å². The van der Waals surface area contributed by atoms with E-state index < -0.39 is 16.3 Å². The highest BCUT2D eigenvalue weighted by atomic mass is 32.3. The van der Waals surface area contributed by atoms with Crippen molar-refractivity contribution in [3.05, 3.63) is 24.0 Å². The van der Waals surface area contributed by atoms with Gasteiger partial charge >= 0.3 is 10.5 Å². The Morgan fingerprint density at radius 3 is 2.57 bits per heavy atom. The van der Waals surface area contributed by atoms with E-state index in [4.69, 9.17) is 0 Å². The summed E-state index contributed by atoms with van der Waals surface area (Å²) in [5.74, 6) is -0.880. The van der Waals surface area contributed by atoms with E-state index in [0.717, 1.165) is 18.2 Å². The molecule has 0 saturated carbocycles.